The number of para-hydroxylation sites is 1. The minimum absolute atomic E-state index is 0.122. The van der Waals surface area contributed by atoms with E-state index in [0.717, 1.165) is 5.56 Å². The number of hydrogen-bond acceptors (Lipinski definition) is 5. The second kappa shape index (κ2) is 11.4. The molecule has 1 aromatic heterocycles. The second-order valence-corrected chi connectivity index (χ2v) is 9.49. The number of thioether (sulfide) groups is 1. The van der Waals surface area contributed by atoms with Crippen LogP contribution in [-0.4, -0.2) is 33.4 Å². The second-order valence-electron chi connectivity index (χ2n) is 8.18. The van der Waals surface area contributed by atoms with Crippen molar-refractivity contribution in [2.45, 2.75) is 63.2 Å². The summed E-state index contributed by atoms with van der Waals surface area (Å²) in [6, 6.07) is 13.0. The molecule has 3 aromatic rings. The molecule has 1 amide bonds. The SMILES string of the molecule is CC(C)OCCCn1c(S[C@@H](C)C(=O)N[C@@H](C)c2ccc(F)cc2)nc2ccccc2c1=O. The quantitative estimate of drug-likeness (QED) is 0.263. The van der Waals surface area contributed by atoms with E-state index < -0.39 is 5.25 Å². The van der Waals surface area contributed by atoms with Crippen molar-refractivity contribution in [3.8, 4) is 0 Å². The van der Waals surface area contributed by atoms with Crippen molar-refractivity contribution in [2.75, 3.05) is 6.61 Å². The molecule has 2 atom stereocenters. The summed E-state index contributed by atoms with van der Waals surface area (Å²) in [6.45, 7) is 8.56. The van der Waals surface area contributed by atoms with Gasteiger partial charge < -0.3 is 10.1 Å². The maximum absolute atomic E-state index is 13.2. The highest BCUT2D eigenvalue weighted by Crippen LogP contribution is 2.24. The monoisotopic (exact) mass is 471 g/mol. The maximum atomic E-state index is 13.2. The number of carbonyl (C=O) groups is 1. The fourth-order valence-corrected chi connectivity index (χ4v) is 4.30. The summed E-state index contributed by atoms with van der Waals surface area (Å²) < 4.78 is 20.4. The van der Waals surface area contributed by atoms with Crippen molar-refractivity contribution in [1.29, 1.82) is 0 Å². The topological polar surface area (TPSA) is 73.2 Å². The zero-order chi connectivity index (χ0) is 24.0. The van der Waals surface area contributed by atoms with Gasteiger partial charge in [0.1, 0.15) is 5.82 Å². The van der Waals surface area contributed by atoms with E-state index in [1.54, 1.807) is 35.8 Å². The highest BCUT2D eigenvalue weighted by atomic mass is 32.2. The summed E-state index contributed by atoms with van der Waals surface area (Å²) >= 11 is 1.25. The lowest BCUT2D eigenvalue weighted by Gasteiger charge is -2.19. The summed E-state index contributed by atoms with van der Waals surface area (Å²) in [4.78, 5) is 30.7. The van der Waals surface area contributed by atoms with Gasteiger partial charge in [-0.1, -0.05) is 36.0 Å². The van der Waals surface area contributed by atoms with Crippen molar-refractivity contribution in [3.63, 3.8) is 0 Å². The predicted molar refractivity (Wildman–Crippen MR) is 130 cm³/mol. The summed E-state index contributed by atoms with van der Waals surface area (Å²) in [5.41, 5.74) is 1.29. The Morgan fingerprint density at radius 1 is 1.12 bits per heavy atom. The molecule has 33 heavy (non-hydrogen) atoms. The molecule has 6 nitrogen and oxygen atoms in total. The molecular formula is C25H30FN3O3S. The molecule has 0 aliphatic rings. The first kappa shape index (κ1) is 24.9. The van der Waals surface area contributed by atoms with Crippen LogP contribution in [0.5, 0.6) is 0 Å². The number of ether oxygens (including phenoxy) is 1. The van der Waals surface area contributed by atoms with Crippen molar-refractivity contribution in [2.24, 2.45) is 0 Å². The molecule has 1 heterocycles. The van der Waals surface area contributed by atoms with Gasteiger partial charge in [-0.25, -0.2) is 9.37 Å². The van der Waals surface area contributed by atoms with E-state index in [0.29, 0.717) is 35.6 Å². The molecule has 3 rings (SSSR count). The molecule has 2 aromatic carbocycles. The molecule has 176 valence electrons. The number of carbonyl (C=O) groups excluding carboxylic acids is 1. The molecule has 0 saturated carbocycles. The molecule has 8 heteroatoms. The van der Waals surface area contributed by atoms with Crippen LogP contribution in [0.4, 0.5) is 4.39 Å². The Kier molecular flexibility index (Phi) is 8.63. The van der Waals surface area contributed by atoms with Gasteiger partial charge >= 0.3 is 0 Å². The number of amides is 1. The highest BCUT2D eigenvalue weighted by molar-refractivity contribution is 8.00. The van der Waals surface area contributed by atoms with E-state index in [1.807, 2.05) is 32.9 Å². The molecule has 0 spiro atoms. The average molecular weight is 472 g/mol. The van der Waals surface area contributed by atoms with E-state index in [1.165, 1.54) is 23.9 Å². The van der Waals surface area contributed by atoms with Gasteiger partial charge in [0.25, 0.3) is 5.56 Å². The van der Waals surface area contributed by atoms with E-state index in [2.05, 4.69) is 10.3 Å². The normalized spacial score (nSPS) is 13.3. The van der Waals surface area contributed by atoms with Gasteiger partial charge in [-0.2, -0.15) is 0 Å². The Balaban J connectivity index is 1.77. The molecule has 0 unspecified atom stereocenters. The Hall–Kier alpha value is -2.71. The third-order valence-corrected chi connectivity index (χ3v) is 6.27. The van der Waals surface area contributed by atoms with Crippen molar-refractivity contribution < 1.29 is 13.9 Å². The van der Waals surface area contributed by atoms with Crippen LogP contribution in [0.1, 0.15) is 45.7 Å². The fraction of sp³-hybridized carbons (Fsp3) is 0.400. The van der Waals surface area contributed by atoms with Crippen LogP contribution in [0.25, 0.3) is 10.9 Å². The fourth-order valence-electron chi connectivity index (χ4n) is 3.35. The number of rotatable bonds is 10. The molecular weight excluding hydrogens is 441 g/mol. The predicted octanol–water partition coefficient (Wildman–Crippen LogP) is 4.71. The average Bonchev–Trinajstić information content (AvgIpc) is 2.78. The Bertz CT molecular complexity index is 1150. The van der Waals surface area contributed by atoms with E-state index in [4.69, 9.17) is 4.74 Å². The Morgan fingerprint density at radius 3 is 2.52 bits per heavy atom. The van der Waals surface area contributed by atoms with Crippen LogP contribution in [0, 0.1) is 5.82 Å². The Morgan fingerprint density at radius 2 is 1.82 bits per heavy atom. The van der Waals surface area contributed by atoms with Gasteiger partial charge in [-0.05, 0) is 63.9 Å². The van der Waals surface area contributed by atoms with Crippen LogP contribution in [0.2, 0.25) is 0 Å². The first-order valence-electron chi connectivity index (χ1n) is 11.1. The standard InChI is InChI=1S/C25H30FN3O3S/c1-16(2)32-15-7-14-29-24(31)21-8-5-6-9-22(21)28-25(29)33-18(4)23(30)27-17(3)19-10-12-20(26)13-11-19/h5-6,8-13,16-18H,7,14-15H2,1-4H3,(H,27,30)/t17-,18-/m0/s1. The third kappa shape index (κ3) is 6.65. The molecule has 0 fully saturated rings. The molecule has 1 N–H and O–H groups in total. The van der Waals surface area contributed by atoms with Crippen LogP contribution in [-0.2, 0) is 16.1 Å². The van der Waals surface area contributed by atoms with Crippen molar-refractivity contribution in [1.82, 2.24) is 14.9 Å². The smallest absolute Gasteiger partial charge is 0.262 e. The molecule has 0 aliphatic carbocycles. The van der Waals surface area contributed by atoms with E-state index in [9.17, 15) is 14.0 Å². The number of nitrogens with zero attached hydrogens (tertiary/aromatic N) is 2. The number of aromatic nitrogens is 2. The zero-order valence-electron chi connectivity index (χ0n) is 19.4. The minimum atomic E-state index is -0.487. The molecule has 0 aliphatic heterocycles. The summed E-state index contributed by atoms with van der Waals surface area (Å²) in [6.07, 6.45) is 0.783. The number of benzene rings is 2. The van der Waals surface area contributed by atoms with Crippen molar-refractivity contribution in [3.05, 3.63) is 70.3 Å². The minimum Gasteiger partial charge on any atom is -0.379 e. The van der Waals surface area contributed by atoms with E-state index >= 15 is 0 Å². The van der Waals surface area contributed by atoms with Gasteiger partial charge in [0.2, 0.25) is 5.91 Å². The number of fused-ring (bicyclic) bond motifs is 1. The molecule has 0 saturated heterocycles. The van der Waals surface area contributed by atoms with Crippen LogP contribution in [0.15, 0.2) is 58.5 Å². The zero-order valence-corrected chi connectivity index (χ0v) is 20.2. The third-order valence-electron chi connectivity index (χ3n) is 5.18. The summed E-state index contributed by atoms with van der Waals surface area (Å²) in [7, 11) is 0. The number of hydrogen-bond donors (Lipinski definition) is 1. The van der Waals surface area contributed by atoms with E-state index in [-0.39, 0.29) is 29.4 Å². The lowest BCUT2D eigenvalue weighted by atomic mass is 10.1. The Labute approximate surface area is 197 Å². The lowest BCUT2D eigenvalue weighted by molar-refractivity contribution is -0.120. The maximum Gasteiger partial charge on any atom is 0.262 e. The van der Waals surface area contributed by atoms with Crippen molar-refractivity contribution >= 4 is 28.6 Å². The van der Waals surface area contributed by atoms with Gasteiger partial charge in [0, 0.05) is 13.2 Å². The van der Waals surface area contributed by atoms with Crippen LogP contribution < -0.4 is 10.9 Å². The summed E-state index contributed by atoms with van der Waals surface area (Å²) in [5, 5.41) is 3.52. The summed E-state index contributed by atoms with van der Waals surface area (Å²) in [5.74, 6) is -0.505. The van der Waals surface area contributed by atoms with Gasteiger partial charge in [0.15, 0.2) is 5.16 Å². The number of halogens is 1. The molecule has 0 bridgehead atoms. The lowest BCUT2D eigenvalue weighted by Crippen LogP contribution is -2.34. The first-order chi connectivity index (χ1) is 15.8. The largest absolute Gasteiger partial charge is 0.379 e. The highest BCUT2D eigenvalue weighted by Gasteiger charge is 2.21. The first-order valence-corrected chi connectivity index (χ1v) is 12.0. The van der Waals surface area contributed by atoms with Gasteiger partial charge in [-0.3, -0.25) is 14.2 Å². The number of nitrogens with one attached hydrogen (secondary N) is 1. The van der Waals surface area contributed by atoms with Gasteiger partial charge in [-0.15, -0.1) is 0 Å². The van der Waals surface area contributed by atoms with Crippen LogP contribution in [0.3, 0.4) is 0 Å². The van der Waals surface area contributed by atoms with Gasteiger partial charge in [0.05, 0.1) is 28.3 Å². The van der Waals surface area contributed by atoms with Crippen LogP contribution >= 0.6 is 11.8 Å². The molecule has 0 radical (unpaired) electrons.